The average molecular weight is 148 g/mol. The van der Waals surface area contributed by atoms with Gasteiger partial charge in [-0.2, -0.15) is 5.10 Å². The summed E-state index contributed by atoms with van der Waals surface area (Å²) < 4.78 is 0. The van der Waals surface area contributed by atoms with E-state index < -0.39 is 0 Å². The van der Waals surface area contributed by atoms with Gasteiger partial charge in [-0.05, 0) is 13.8 Å². The van der Waals surface area contributed by atoms with Gasteiger partial charge < -0.3 is 0 Å². The summed E-state index contributed by atoms with van der Waals surface area (Å²) in [7, 11) is 0. The molecular weight excluding hydrogens is 140 g/mol. The maximum Gasteiger partial charge on any atom is 0.199 e. The third-order valence-electron chi connectivity index (χ3n) is 1.56. The van der Waals surface area contributed by atoms with Crippen LogP contribution in [0.2, 0.25) is 0 Å². The molecule has 1 N–H and O–H groups in total. The number of hydrogen-bond acceptors (Lipinski definition) is 3. The first-order valence-corrected chi connectivity index (χ1v) is 3.41. The van der Waals surface area contributed by atoms with E-state index in [9.17, 15) is 0 Å². The fourth-order valence-electron chi connectivity index (χ4n) is 0.994. The van der Waals surface area contributed by atoms with Gasteiger partial charge in [0.25, 0.3) is 0 Å². The van der Waals surface area contributed by atoms with Gasteiger partial charge in [-0.25, -0.2) is 9.97 Å². The van der Waals surface area contributed by atoms with E-state index in [4.69, 9.17) is 0 Å². The molecular formula is C7H8N4. The van der Waals surface area contributed by atoms with Crippen molar-refractivity contribution in [3.63, 3.8) is 0 Å². The molecule has 0 unspecified atom stereocenters. The number of hydrogen-bond donors (Lipinski definition) is 1. The van der Waals surface area contributed by atoms with E-state index in [1.165, 1.54) is 0 Å². The Bertz CT molecular complexity index is 390. The smallest absolute Gasteiger partial charge is 0.199 e. The molecule has 11 heavy (non-hydrogen) atoms. The van der Waals surface area contributed by atoms with Crippen LogP contribution < -0.4 is 0 Å². The van der Waals surface area contributed by atoms with Crippen LogP contribution in [0.25, 0.3) is 11.2 Å². The SMILES string of the molecule is Cc1cnc2n[nH]c(C)c2n1. The Morgan fingerprint density at radius 3 is 3.00 bits per heavy atom. The van der Waals surface area contributed by atoms with E-state index in [0.29, 0.717) is 5.65 Å². The van der Waals surface area contributed by atoms with Crippen molar-refractivity contribution in [1.29, 1.82) is 0 Å². The van der Waals surface area contributed by atoms with Crippen molar-refractivity contribution in [2.75, 3.05) is 0 Å². The zero-order valence-electron chi connectivity index (χ0n) is 6.42. The predicted octanol–water partition coefficient (Wildman–Crippen LogP) is 0.970. The molecule has 0 fully saturated rings. The van der Waals surface area contributed by atoms with Crippen molar-refractivity contribution in [1.82, 2.24) is 20.2 Å². The summed E-state index contributed by atoms with van der Waals surface area (Å²) in [6.07, 6.45) is 1.71. The normalized spacial score (nSPS) is 10.7. The van der Waals surface area contributed by atoms with Gasteiger partial charge in [0, 0.05) is 0 Å². The number of rotatable bonds is 0. The first-order valence-electron chi connectivity index (χ1n) is 3.41. The van der Waals surface area contributed by atoms with E-state index in [1.807, 2.05) is 13.8 Å². The highest BCUT2D eigenvalue weighted by atomic mass is 15.2. The lowest BCUT2D eigenvalue weighted by Gasteiger charge is -1.89. The van der Waals surface area contributed by atoms with Crippen LogP contribution in [0, 0.1) is 13.8 Å². The van der Waals surface area contributed by atoms with Gasteiger partial charge in [-0.15, -0.1) is 0 Å². The maximum atomic E-state index is 4.28. The first-order chi connectivity index (χ1) is 5.27. The van der Waals surface area contributed by atoms with Crippen LogP contribution in [0.3, 0.4) is 0 Å². The van der Waals surface area contributed by atoms with Gasteiger partial charge in [-0.3, -0.25) is 5.10 Å². The molecule has 4 heteroatoms. The molecule has 0 aromatic carbocycles. The topological polar surface area (TPSA) is 54.5 Å². The monoisotopic (exact) mass is 148 g/mol. The van der Waals surface area contributed by atoms with E-state index in [2.05, 4.69) is 20.2 Å². The van der Waals surface area contributed by atoms with E-state index in [1.54, 1.807) is 6.20 Å². The molecule has 0 radical (unpaired) electrons. The molecule has 2 rings (SSSR count). The molecule has 0 spiro atoms. The van der Waals surface area contributed by atoms with Crippen molar-refractivity contribution in [3.8, 4) is 0 Å². The number of aromatic nitrogens is 4. The Morgan fingerprint density at radius 2 is 2.18 bits per heavy atom. The molecule has 0 aliphatic carbocycles. The van der Waals surface area contributed by atoms with Crippen LogP contribution in [0.4, 0.5) is 0 Å². The lowest BCUT2D eigenvalue weighted by atomic mass is 10.4. The lowest BCUT2D eigenvalue weighted by molar-refractivity contribution is 1.05. The number of fused-ring (bicyclic) bond motifs is 1. The number of nitrogens with one attached hydrogen (secondary N) is 1. The molecule has 0 saturated carbocycles. The molecule has 0 bridgehead atoms. The average Bonchev–Trinajstić information content (AvgIpc) is 2.33. The molecule has 56 valence electrons. The van der Waals surface area contributed by atoms with Crippen molar-refractivity contribution in [3.05, 3.63) is 17.6 Å². The van der Waals surface area contributed by atoms with Crippen LogP contribution in [-0.2, 0) is 0 Å². The molecule has 0 amide bonds. The maximum absolute atomic E-state index is 4.28. The quantitative estimate of drug-likeness (QED) is 0.605. The Hall–Kier alpha value is -1.45. The summed E-state index contributed by atoms with van der Waals surface area (Å²) in [6, 6.07) is 0. The van der Waals surface area contributed by atoms with Gasteiger partial charge in [0.05, 0.1) is 17.6 Å². The van der Waals surface area contributed by atoms with Crippen LogP contribution in [-0.4, -0.2) is 20.2 Å². The second-order valence-corrected chi connectivity index (χ2v) is 2.53. The summed E-state index contributed by atoms with van der Waals surface area (Å²) in [5.74, 6) is 0. The lowest BCUT2D eigenvalue weighted by Crippen LogP contribution is -1.84. The fraction of sp³-hybridized carbons (Fsp3) is 0.286. The van der Waals surface area contributed by atoms with Crippen LogP contribution in [0.5, 0.6) is 0 Å². The predicted molar refractivity (Wildman–Crippen MR) is 41.2 cm³/mol. The summed E-state index contributed by atoms with van der Waals surface area (Å²) >= 11 is 0. The largest absolute Gasteiger partial charge is 0.278 e. The Morgan fingerprint density at radius 1 is 1.36 bits per heavy atom. The van der Waals surface area contributed by atoms with Crippen molar-refractivity contribution >= 4 is 11.2 Å². The van der Waals surface area contributed by atoms with Crippen LogP contribution >= 0.6 is 0 Å². The fourth-order valence-corrected chi connectivity index (χ4v) is 0.994. The Kier molecular flexibility index (Phi) is 1.15. The van der Waals surface area contributed by atoms with Gasteiger partial charge >= 0.3 is 0 Å². The minimum absolute atomic E-state index is 0.688. The highest BCUT2D eigenvalue weighted by molar-refractivity contribution is 5.71. The van der Waals surface area contributed by atoms with Crippen molar-refractivity contribution in [2.45, 2.75) is 13.8 Å². The van der Waals surface area contributed by atoms with Gasteiger partial charge in [0.15, 0.2) is 5.65 Å². The molecule has 0 aliphatic heterocycles. The second kappa shape index (κ2) is 2.02. The second-order valence-electron chi connectivity index (χ2n) is 2.53. The molecule has 0 saturated heterocycles. The van der Waals surface area contributed by atoms with Crippen LogP contribution in [0.1, 0.15) is 11.4 Å². The minimum atomic E-state index is 0.688. The van der Waals surface area contributed by atoms with Gasteiger partial charge in [0.1, 0.15) is 5.52 Å². The highest BCUT2D eigenvalue weighted by Gasteiger charge is 2.02. The summed E-state index contributed by atoms with van der Waals surface area (Å²) in [5, 5.41) is 6.79. The molecule has 4 nitrogen and oxygen atoms in total. The minimum Gasteiger partial charge on any atom is -0.278 e. The number of aromatic amines is 1. The standard InChI is InChI=1S/C7H8N4/c1-4-3-8-7-6(9-4)5(2)10-11-7/h3H,1-2H3,(H,8,10,11). The third-order valence-corrected chi connectivity index (χ3v) is 1.56. The van der Waals surface area contributed by atoms with E-state index >= 15 is 0 Å². The Labute approximate surface area is 63.7 Å². The first kappa shape index (κ1) is 6.27. The van der Waals surface area contributed by atoms with Crippen LogP contribution in [0.15, 0.2) is 6.20 Å². The third kappa shape index (κ3) is 0.869. The highest BCUT2D eigenvalue weighted by Crippen LogP contribution is 2.08. The molecule has 0 atom stereocenters. The molecule has 2 aromatic heterocycles. The summed E-state index contributed by atoms with van der Waals surface area (Å²) in [4.78, 5) is 8.38. The summed E-state index contributed by atoms with van der Waals surface area (Å²) in [5.41, 5.74) is 3.44. The number of H-pyrrole nitrogens is 1. The van der Waals surface area contributed by atoms with E-state index in [0.717, 1.165) is 16.9 Å². The zero-order chi connectivity index (χ0) is 7.84. The molecule has 2 heterocycles. The number of nitrogens with zero attached hydrogens (tertiary/aromatic N) is 3. The Balaban J connectivity index is 2.87. The zero-order valence-corrected chi connectivity index (χ0v) is 6.42. The molecule has 0 aliphatic rings. The van der Waals surface area contributed by atoms with Gasteiger partial charge in [0.2, 0.25) is 0 Å². The van der Waals surface area contributed by atoms with Crippen molar-refractivity contribution in [2.24, 2.45) is 0 Å². The number of aryl methyl sites for hydroxylation is 2. The molecule has 2 aromatic rings. The summed E-state index contributed by atoms with van der Waals surface area (Å²) in [6.45, 7) is 3.85. The van der Waals surface area contributed by atoms with Crippen molar-refractivity contribution < 1.29 is 0 Å². The van der Waals surface area contributed by atoms with E-state index in [-0.39, 0.29) is 0 Å². The van der Waals surface area contributed by atoms with Gasteiger partial charge in [-0.1, -0.05) is 0 Å².